The van der Waals surface area contributed by atoms with Gasteiger partial charge in [0.1, 0.15) is 0 Å². The normalized spacial score (nSPS) is 11.6. The second-order valence-electron chi connectivity index (χ2n) is 37.3. The molecule has 12 nitrogen and oxygen atoms in total. The number of ether oxygens (including phenoxy) is 4. The van der Waals surface area contributed by atoms with Crippen molar-refractivity contribution < 1.29 is 35.4 Å². The molecule has 8 bridgehead atoms. The maximum Gasteiger partial charge on any atom is 2.00 e. The number of hydrogen-bond acceptors (Lipinski definition) is 10. The van der Waals surface area contributed by atoms with Crippen molar-refractivity contribution in [3.63, 3.8) is 0 Å². The van der Waals surface area contributed by atoms with Gasteiger partial charge in [0.25, 0.3) is 0 Å². The summed E-state index contributed by atoms with van der Waals surface area (Å²) in [6, 6.07) is 95.1. The molecule has 2 aliphatic heterocycles. The van der Waals surface area contributed by atoms with E-state index >= 15 is 0 Å². The Bertz CT molecular complexity index is 5750. The first-order chi connectivity index (χ1) is 67.5. The van der Waals surface area contributed by atoms with Crippen LogP contribution in [0.5, 0.6) is 23.0 Å². The van der Waals surface area contributed by atoms with Gasteiger partial charge in [0, 0.05) is 67.1 Å². The van der Waals surface area contributed by atoms with E-state index in [1.165, 1.54) is 154 Å². The summed E-state index contributed by atoms with van der Waals surface area (Å²) in [5.41, 5.74) is 20.6. The summed E-state index contributed by atoms with van der Waals surface area (Å²) in [6.07, 6.45) is 42.8. The van der Waals surface area contributed by atoms with Gasteiger partial charge in [0.2, 0.25) is 0 Å². The van der Waals surface area contributed by atoms with Crippen molar-refractivity contribution in [3.8, 4) is 158 Å². The van der Waals surface area contributed by atoms with Gasteiger partial charge in [-0.05, 0) is 138 Å². The molecule has 0 N–H and O–H groups in total. The molecule has 0 saturated heterocycles. The number of rotatable bonds is 52. The van der Waals surface area contributed by atoms with E-state index in [2.05, 4.69) is 295 Å². The zero-order valence-electron chi connectivity index (χ0n) is 81.2. The minimum Gasteiger partial charge on any atom is -0.490 e. The van der Waals surface area contributed by atoms with Crippen LogP contribution in [0.15, 0.2) is 267 Å². The standard InChI is InChI=1S/C124H136N8O4.Ni/c1-5-9-13-17-21-25-29-33-61-81-133-101-85-97-98(86-102(101)134-82-62-34-30-26-22-18-14-10-6-2)118-125-117(97)127-121-113-109(93-73-53-41-54-74-93)105(89-65-45-37-46-66-89)106(90-67-47-38-48-68-90)110(94-75-55-42-56-76-94)114(113)123(131-121)129-119-99-87-103(135-83-63-35-31-27-23-19-15-11-7-3)104(136-84-64-36-32-28-24-20-16-12-8-4)88-100(99)120(126-119)130-124-116-112(96-79-59-44-60-80-96)108(92-71-51-40-52-72-92)107(91-69-49-39-50-70-91)111(95-77-57-43-58-78-95)115(116)122(128-118)132-124;/h37-60,65-80,85-88H,5-36,61-64,81-84H2,1-4H3;/q-2;+2. The maximum atomic E-state index is 7.22. The number of nitrogens with zero attached hydrogens (tertiary/aromatic N) is 8. The Balaban J connectivity index is 0.0000136. The van der Waals surface area contributed by atoms with E-state index in [4.69, 9.17) is 58.8 Å². The molecular formula is C124H136N8NiO4. The predicted octanol–water partition coefficient (Wildman–Crippen LogP) is 35.1. The van der Waals surface area contributed by atoms with Gasteiger partial charge >= 0.3 is 16.5 Å². The summed E-state index contributed by atoms with van der Waals surface area (Å²) in [5.74, 6) is 4.19. The second-order valence-corrected chi connectivity index (χ2v) is 37.3. The molecule has 0 atom stereocenters. The molecule has 0 amide bonds. The Morgan fingerprint density at radius 2 is 0.321 bits per heavy atom. The van der Waals surface area contributed by atoms with Gasteiger partial charge in [-0.1, -0.05) is 476 Å². The minimum atomic E-state index is 0. The zero-order valence-corrected chi connectivity index (χ0v) is 82.2. The van der Waals surface area contributed by atoms with E-state index < -0.39 is 0 Å². The van der Waals surface area contributed by atoms with E-state index in [9.17, 15) is 0 Å². The van der Waals surface area contributed by atoms with Crippen molar-refractivity contribution in [2.45, 2.75) is 259 Å². The number of hydrogen-bond donors (Lipinski definition) is 0. The second kappa shape index (κ2) is 50.7. The number of aromatic nitrogens is 8. The molecule has 3 aromatic heterocycles. The molecule has 0 spiro atoms. The molecule has 0 fully saturated rings. The molecule has 706 valence electrons. The van der Waals surface area contributed by atoms with Gasteiger partial charge in [-0.25, -0.2) is 9.97 Å². The van der Waals surface area contributed by atoms with Gasteiger partial charge < -0.3 is 48.9 Å². The summed E-state index contributed by atoms with van der Waals surface area (Å²) in [7, 11) is 0. The minimum absolute atomic E-state index is 0. The predicted molar refractivity (Wildman–Crippen MR) is 568 cm³/mol. The average Bonchev–Trinajstić information content (AvgIpc) is 1.53. The van der Waals surface area contributed by atoms with Gasteiger partial charge in [-0.2, -0.15) is 0 Å². The van der Waals surface area contributed by atoms with Crippen molar-refractivity contribution in [2.75, 3.05) is 26.4 Å². The van der Waals surface area contributed by atoms with Crippen LogP contribution >= 0.6 is 0 Å². The fraction of sp³-hybridized carbons (Fsp3) is 0.355. The molecule has 13 heteroatoms. The van der Waals surface area contributed by atoms with Crippen LogP contribution in [0.4, 0.5) is 0 Å². The number of benzene rings is 12. The summed E-state index contributed by atoms with van der Waals surface area (Å²) < 4.78 is 28.9. The van der Waals surface area contributed by atoms with Crippen molar-refractivity contribution in [3.05, 3.63) is 267 Å². The van der Waals surface area contributed by atoms with E-state index in [0.717, 1.165) is 188 Å². The molecule has 17 rings (SSSR count). The third kappa shape index (κ3) is 24.1. The molecule has 137 heavy (non-hydrogen) atoms. The van der Waals surface area contributed by atoms with Crippen LogP contribution in [-0.4, -0.2) is 56.3 Å². The first kappa shape index (κ1) is 97.8. The Labute approximate surface area is 823 Å². The van der Waals surface area contributed by atoms with E-state index in [1.54, 1.807) is 0 Å². The van der Waals surface area contributed by atoms with Crippen molar-refractivity contribution in [1.82, 2.24) is 39.9 Å². The smallest absolute Gasteiger partial charge is 0.490 e. The number of fused-ring (bicyclic) bond motifs is 20. The largest absolute Gasteiger partial charge is 2.00 e. The van der Waals surface area contributed by atoms with Crippen LogP contribution in [0.3, 0.4) is 0 Å². The topological polar surface area (TPSA) is 142 Å². The molecule has 0 aliphatic carbocycles. The quantitative estimate of drug-likeness (QED) is 0.0264. The van der Waals surface area contributed by atoms with Crippen molar-refractivity contribution in [1.29, 1.82) is 0 Å². The monoisotopic (exact) mass is 1860 g/mol. The Morgan fingerprint density at radius 1 is 0.175 bits per heavy atom. The molecule has 0 unspecified atom stereocenters. The van der Waals surface area contributed by atoms with E-state index in [-0.39, 0.29) is 16.5 Å². The molecule has 15 aromatic rings. The van der Waals surface area contributed by atoms with Crippen LogP contribution in [-0.2, 0) is 16.5 Å². The Kier molecular flexibility index (Phi) is 36.2. The zero-order chi connectivity index (χ0) is 92.7. The van der Waals surface area contributed by atoms with Crippen molar-refractivity contribution >= 4 is 44.1 Å². The summed E-state index contributed by atoms with van der Waals surface area (Å²) in [6.45, 7) is 11.2. The molecule has 0 radical (unpaired) electrons. The van der Waals surface area contributed by atoms with Crippen LogP contribution in [0.25, 0.3) is 179 Å². The third-order valence-corrected chi connectivity index (χ3v) is 27.2. The van der Waals surface area contributed by atoms with Crippen molar-refractivity contribution in [2.24, 2.45) is 0 Å². The van der Waals surface area contributed by atoms with Crippen LogP contribution in [0.1, 0.15) is 259 Å². The molecule has 0 saturated carbocycles. The first-order valence-electron chi connectivity index (χ1n) is 52.0. The summed E-state index contributed by atoms with van der Waals surface area (Å²) >= 11 is 0. The van der Waals surface area contributed by atoms with E-state index in [0.29, 0.717) is 117 Å². The van der Waals surface area contributed by atoms with Crippen LogP contribution in [0, 0.1) is 0 Å². The SMILES string of the molecule is CCCCCCCCCCCOc1cc2c3nc4nc(nc5[n-]c(nc6nc(nc([n-]3)c2cc1OCCCCCCCCCCC)-c1c(-c2ccccc2)c(-c2ccccc2)c(-c2ccccc2)c(-c2ccccc2)c1-6)c1cc(OCCCCCCCCCCC)c(OCCCCCCCCCCC)cc51)-c1c(-c2ccccc2)c(-c2ccccc2)c(-c2ccccc2)c(-c2ccccc2)c1-4.[Ni+2]. The molecule has 5 heterocycles. The van der Waals surface area contributed by atoms with Crippen LogP contribution in [0.2, 0.25) is 0 Å². The molecule has 2 aliphatic rings. The van der Waals surface area contributed by atoms with Gasteiger partial charge in [-0.3, -0.25) is 0 Å². The Morgan fingerprint density at radius 3 is 0.482 bits per heavy atom. The van der Waals surface area contributed by atoms with Gasteiger partial charge in [0.15, 0.2) is 23.0 Å². The fourth-order valence-corrected chi connectivity index (χ4v) is 20.2. The van der Waals surface area contributed by atoms with Gasteiger partial charge in [-0.15, -0.1) is 0 Å². The van der Waals surface area contributed by atoms with E-state index in [1.807, 2.05) is 0 Å². The summed E-state index contributed by atoms with van der Waals surface area (Å²) in [4.78, 5) is 48.4. The Hall–Kier alpha value is -12.3. The molecular weight excluding hydrogens is 1720 g/mol. The fourth-order valence-electron chi connectivity index (χ4n) is 20.2. The third-order valence-electron chi connectivity index (χ3n) is 27.2. The van der Waals surface area contributed by atoms with Crippen LogP contribution < -0.4 is 28.9 Å². The average molecular weight is 1860 g/mol. The summed E-state index contributed by atoms with van der Waals surface area (Å²) in [5, 5.41) is 2.86. The number of unbranched alkanes of at least 4 members (excludes halogenated alkanes) is 32. The maximum absolute atomic E-state index is 7.22. The first-order valence-corrected chi connectivity index (χ1v) is 52.0. The molecule has 12 aromatic carbocycles. The van der Waals surface area contributed by atoms with Gasteiger partial charge in [0.05, 0.1) is 49.7 Å².